The Labute approximate surface area is 190 Å². The Hall–Kier alpha value is -3.24. The molecule has 1 aromatic heterocycles. The standard InChI is InChI=1S/C28H32N2O2/c1-21-26-19-25(32)15-16-27(26)30(28(21)23-11-13-24(31)14-12-23)18-8-3-2-7-17-29-20-22-9-5-4-6-10-22/h4-6,9-16,19,29,31-32H,2-3,7-8,17-18,20H2,1H3. The van der Waals surface area contributed by atoms with E-state index in [1.54, 1.807) is 18.2 Å². The number of aromatic nitrogens is 1. The van der Waals surface area contributed by atoms with Gasteiger partial charge in [-0.1, -0.05) is 43.2 Å². The zero-order chi connectivity index (χ0) is 22.3. The summed E-state index contributed by atoms with van der Waals surface area (Å²) in [5.74, 6) is 0.561. The van der Waals surface area contributed by atoms with Crippen LogP contribution in [0.15, 0.2) is 72.8 Å². The Morgan fingerprint density at radius 3 is 2.28 bits per heavy atom. The molecular formula is C28H32N2O2. The number of nitrogens with zero attached hydrogens (tertiary/aromatic N) is 1. The molecule has 4 nitrogen and oxygen atoms in total. The van der Waals surface area contributed by atoms with Crippen LogP contribution in [-0.2, 0) is 13.1 Å². The molecule has 3 aromatic carbocycles. The third-order valence-electron chi connectivity index (χ3n) is 6.10. The van der Waals surface area contributed by atoms with Crippen molar-refractivity contribution < 1.29 is 10.2 Å². The Bertz CT molecular complexity index is 1150. The average molecular weight is 429 g/mol. The fourth-order valence-electron chi connectivity index (χ4n) is 4.44. The van der Waals surface area contributed by atoms with Gasteiger partial charge < -0.3 is 20.1 Å². The van der Waals surface area contributed by atoms with Crippen LogP contribution < -0.4 is 5.32 Å². The summed E-state index contributed by atoms with van der Waals surface area (Å²) in [6.45, 7) is 5.01. The van der Waals surface area contributed by atoms with Gasteiger partial charge in [0, 0.05) is 24.0 Å². The number of aryl methyl sites for hydroxylation is 2. The number of hydrogen-bond donors (Lipinski definition) is 3. The molecule has 0 atom stereocenters. The van der Waals surface area contributed by atoms with Crippen molar-refractivity contribution in [1.29, 1.82) is 0 Å². The molecule has 0 aliphatic heterocycles. The van der Waals surface area contributed by atoms with Crippen molar-refractivity contribution in [1.82, 2.24) is 9.88 Å². The van der Waals surface area contributed by atoms with E-state index in [1.807, 2.05) is 24.3 Å². The normalized spacial score (nSPS) is 11.3. The van der Waals surface area contributed by atoms with Crippen LogP contribution >= 0.6 is 0 Å². The van der Waals surface area contributed by atoms with Gasteiger partial charge in [0.1, 0.15) is 11.5 Å². The third kappa shape index (κ3) is 5.14. The number of rotatable bonds is 10. The fraction of sp³-hybridized carbons (Fsp3) is 0.286. The molecule has 4 heteroatoms. The summed E-state index contributed by atoms with van der Waals surface area (Å²) in [6.07, 6.45) is 4.67. The molecule has 4 aromatic rings. The second kappa shape index (κ2) is 10.4. The molecule has 1 heterocycles. The van der Waals surface area contributed by atoms with Gasteiger partial charge in [0.15, 0.2) is 0 Å². The summed E-state index contributed by atoms with van der Waals surface area (Å²) in [7, 11) is 0. The molecule has 0 unspecified atom stereocenters. The summed E-state index contributed by atoms with van der Waals surface area (Å²) < 4.78 is 2.37. The molecule has 166 valence electrons. The van der Waals surface area contributed by atoms with Crippen LogP contribution in [0, 0.1) is 6.92 Å². The third-order valence-corrected chi connectivity index (χ3v) is 6.10. The quantitative estimate of drug-likeness (QED) is 0.257. The van der Waals surface area contributed by atoms with Gasteiger partial charge in [-0.3, -0.25) is 0 Å². The molecule has 0 saturated carbocycles. The number of fused-ring (bicyclic) bond motifs is 1. The Balaban J connectivity index is 1.37. The van der Waals surface area contributed by atoms with E-state index in [1.165, 1.54) is 24.8 Å². The first-order valence-corrected chi connectivity index (χ1v) is 11.5. The maximum atomic E-state index is 10.0. The monoisotopic (exact) mass is 428 g/mol. The highest BCUT2D eigenvalue weighted by Gasteiger charge is 2.16. The minimum absolute atomic E-state index is 0.271. The van der Waals surface area contributed by atoms with Crippen molar-refractivity contribution in [2.24, 2.45) is 0 Å². The zero-order valence-electron chi connectivity index (χ0n) is 18.7. The van der Waals surface area contributed by atoms with E-state index in [0.29, 0.717) is 0 Å². The Kier molecular flexibility index (Phi) is 7.13. The maximum Gasteiger partial charge on any atom is 0.116 e. The molecule has 0 spiro atoms. The minimum atomic E-state index is 0.271. The fourth-order valence-corrected chi connectivity index (χ4v) is 4.44. The van der Waals surface area contributed by atoms with Crippen molar-refractivity contribution in [3.05, 3.63) is 83.9 Å². The van der Waals surface area contributed by atoms with Crippen molar-refractivity contribution >= 4 is 10.9 Å². The van der Waals surface area contributed by atoms with Gasteiger partial charge in [-0.15, -0.1) is 0 Å². The number of unbranched alkanes of at least 4 members (excludes halogenated alkanes) is 3. The number of phenols is 2. The average Bonchev–Trinajstić information content (AvgIpc) is 3.08. The van der Waals surface area contributed by atoms with E-state index in [4.69, 9.17) is 0 Å². The topological polar surface area (TPSA) is 57.4 Å². The number of nitrogens with one attached hydrogen (secondary N) is 1. The highest BCUT2D eigenvalue weighted by Crippen LogP contribution is 2.35. The van der Waals surface area contributed by atoms with Crippen LogP contribution in [0.5, 0.6) is 11.5 Å². The lowest BCUT2D eigenvalue weighted by molar-refractivity contribution is 0.475. The molecule has 0 radical (unpaired) electrons. The van der Waals surface area contributed by atoms with Gasteiger partial charge in [0.05, 0.1) is 5.69 Å². The lowest BCUT2D eigenvalue weighted by Crippen LogP contribution is -2.14. The van der Waals surface area contributed by atoms with Crippen LogP contribution in [0.25, 0.3) is 22.2 Å². The summed E-state index contributed by atoms with van der Waals surface area (Å²) in [5.41, 5.74) is 5.88. The van der Waals surface area contributed by atoms with E-state index in [9.17, 15) is 10.2 Å². The highest BCUT2D eigenvalue weighted by molar-refractivity contribution is 5.92. The molecule has 4 rings (SSSR count). The summed E-state index contributed by atoms with van der Waals surface area (Å²) in [4.78, 5) is 0. The summed E-state index contributed by atoms with van der Waals surface area (Å²) in [6, 6.07) is 23.5. The molecule has 0 bridgehead atoms. The Morgan fingerprint density at radius 1 is 0.781 bits per heavy atom. The number of hydrogen-bond acceptors (Lipinski definition) is 3. The molecule has 0 fully saturated rings. The van der Waals surface area contributed by atoms with Crippen molar-refractivity contribution in [3.8, 4) is 22.8 Å². The zero-order valence-corrected chi connectivity index (χ0v) is 18.7. The summed E-state index contributed by atoms with van der Waals surface area (Å²) in [5, 5.41) is 24.3. The van der Waals surface area contributed by atoms with Crippen LogP contribution in [-0.4, -0.2) is 21.3 Å². The molecule has 0 saturated heterocycles. The maximum absolute atomic E-state index is 10.0. The predicted molar refractivity (Wildman–Crippen MR) is 132 cm³/mol. The van der Waals surface area contributed by atoms with Crippen molar-refractivity contribution in [2.45, 2.75) is 45.7 Å². The van der Waals surface area contributed by atoms with Gasteiger partial charge >= 0.3 is 0 Å². The number of benzene rings is 3. The molecule has 0 aliphatic carbocycles. The molecule has 32 heavy (non-hydrogen) atoms. The molecule has 0 amide bonds. The smallest absolute Gasteiger partial charge is 0.116 e. The van der Waals surface area contributed by atoms with Gasteiger partial charge in [0.2, 0.25) is 0 Å². The van der Waals surface area contributed by atoms with E-state index >= 15 is 0 Å². The van der Waals surface area contributed by atoms with Gasteiger partial charge in [0.25, 0.3) is 0 Å². The van der Waals surface area contributed by atoms with Crippen LogP contribution in [0.3, 0.4) is 0 Å². The largest absolute Gasteiger partial charge is 0.508 e. The first-order chi connectivity index (χ1) is 15.6. The van der Waals surface area contributed by atoms with Crippen LogP contribution in [0.1, 0.15) is 36.8 Å². The molecule has 0 aliphatic rings. The van der Waals surface area contributed by atoms with Gasteiger partial charge in [-0.25, -0.2) is 0 Å². The first kappa shape index (κ1) is 22.0. The van der Waals surface area contributed by atoms with Crippen LogP contribution in [0.4, 0.5) is 0 Å². The van der Waals surface area contributed by atoms with E-state index in [0.717, 1.165) is 53.8 Å². The predicted octanol–water partition coefficient (Wildman–Crippen LogP) is 6.38. The second-order valence-corrected chi connectivity index (χ2v) is 8.45. The van der Waals surface area contributed by atoms with Crippen LogP contribution in [0.2, 0.25) is 0 Å². The van der Waals surface area contributed by atoms with Crippen molar-refractivity contribution in [2.75, 3.05) is 6.54 Å². The molecule has 3 N–H and O–H groups in total. The van der Waals surface area contributed by atoms with Gasteiger partial charge in [-0.05, 0) is 85.5 Å². The Morgan fingerprint density at radius 2 is 1.50 bits per heavy atom. The van der Waals surface area contributed by atoms with Crippen molar-refractivity contribution in [3.63, 3.8) is 0 Å². The lowest BCUT2D eigenvalue weighted by Gasteiger charge is -2.12. The first-order valence-electron chi connectivity index (χ1n) is 11.5. The van der Waals surface area contributed by atoms with Gasteiger partial charge in [-0.2, -0.15) is 0 Å². The number of aromatic hydroxyl groups is 2. The molecular weight excluding hydrogens is 396 g/mol. The van der Waals surface area contributed by atoms with E-state index in [-0.39, 0.29) is 11.5 Å². The highest BCUT2D eigenvalue weighted by atomic mass is 16.3. The minimum Gasteiger partial charge on any atom is -0.508 e. The number of phenolic OH excluding ortho intramolecular Hbond substituents is 2. The van der Waals surface area contributed by atoms with E-state index in [2.05, 4.69) is 47.1 Å². The second-order valence-electron chi connectivity index (χ2n) is 8.45. The SMILES string of the molecule is Cc1c(-c2ccc(O)cc2)n(CCCCCCNCc2ccccc2)c2ccc(O)cc12. The summed E-state index contributed by atoms with van der Waals surface area (Å²) >= 11 is 0. The van der Waals surface area contributed by atoms with E-state index < -0.39 is 0 Å². The lowest BCUT2D eigenvalue weighted by atomic mass is 10.1.